The molecular weight excluding hydrogens is 396 g/mol. The van der Waals surface area contributed by atoms with Crippen molar-refractivity contribution in [3.05, 3.63) is 29.3 Å². The molecule has 1 atom stereocenters. The molecule has 2 aliphatic heterocycles. The molecule has 11 nitrogen and oxygen atoms in total. The van der Waals surface area contributed by atoms with Gasteiger partial charge < -0.3 is 15.7 Å². The minimum atomic E-state index is -1.06. The van der Waals surface area contributed by atoms with Gasteiger partial charge in [-0.1, -0.05) is 6.07 Å². The molecule has 2 heterocycles. The van der Waals surface area contributed by atoms with E-state index < -0.39 is 41.5 Å². The fourth-order valence-corrected chi connectivity index (χ4v) is 3.37. The first-order chi connectivity index (χ1) is 14.3. The molecule has 1 saturated heterocycles. The predicted molar refractivity (Wildman–Crippen MR) is 101 cm³/mol. The number of amides is 5. The third-order valence-corrected chi connectivity index (χ3v) is 4.80. The molecule has 0 aromatic heterocycles. The van der Waals surface area contributed by atoms with Gasteiger partial charge in [-0.25, -0.2) is 0 Å². The molecule has 0 spiro atoms. The Morgan fingerprint density at radius 1 is 1.10 bits per heavy atom. The molecular formula is C19H20N4O7. The lowest BCUT2D eigenvalue weighted by atomic mass is 10.0. The third-order valence-electron chi connectivity index (χ3n) is 4.80. The average molecular weight is 416 g/mol. The summed E-state index contributed by atoms with van der Waals surface area (Å²) in [7, 11) is 0. The Balaban J connectivity index is 1.65. The Morgan fingerprint density at radius 3 is 2.57 bits per heavy atom. The quantitative estimate of drug-likeness (QED) is 0.325. The van der Waals surface area contributed by atoms with Crippen LogP contribution in [0, 0.1) is 0 Å². The Bertz CT molecular complexity index is 943. The van der Waals surface area contributed by atoms with Crippen molar-refractivity contribution in [2.45, 2.75) is 31.7 Å². The second-order valence-corrected chi connectivity index (χ2v) is 6.85. The number of carbonyl (C=O) groups is 6. The van der Waals surface area contributed by atoms with Crippen LogP contribution in [-0.2, 0) is 19.2 Å². The normalized spacial score (nSPS) is 18.1. The summed E-state index contributed by atoms with van der Waals surface area (Å²) >= 11 is 0. The summed E-state index contributed by atoms with van der Waals surface area (Å²) in [6, 6.07) is 3.63. The molecule has 1 aromatic carbocycles. The summed E-state index contributed by atoms with van der Waals surface area (Å²) < 4.78 is 0. The average Bonchev–Trinajstić information content (AvgIpc) is 2.95. The van der Waals surface area contributed by atoms with Crippen molar-refractivity contribution in [2.75, 3.05) is 18.4 Å². The monoisotopic (exact) mass is 416 g/mol. The molecule has 0 aliphatic carbocycles. The molecule has 5 amide bonds. The topological polar surface area (TPSA) is 162 Å². The van der Waals surface area contributed by atoms with Crippen LogP contribution in [0.3, 0.4) is 0 Å². The number of carboxylic acid groups (broad SMARTS) is 1. The van der Waals surface area contributed by atoms with Gasteiger partial charge in [-0.15, -0.1) is 0 Å². The van der Waals surface area contributed by atoms with Crippen molar-refractivity contribution in [2.24, 2.45) is 0 Å². The number of imide groups is 2. The highest BCUT2D eigenvalue weighted by molar-refractivity contribution is 6.25. The lowest BCUT2D eigenvalue weighted by Gasteiger charge is -2.27. The number of anilines is 1. The minimum absolute atomic E-state index is 0.0382. The van der Waals surface area contributed by atoms with E-state index >= 15 is 0 Å². The maximum Gasteiger partial charge on any atom is 0.303 e. The zero-order chi connectivity index (χ0) is 21.8. The van der Waals surface area contributed by atoms with E-state index in [2.05, 4.69) is 16.0 Å². The van der Waals surface area contributed by atoms with Crippen LogP contribution in [0.2, 0.25) is 0 Å². The Labute approximate surface area is 170 Å². The highest BCUT2D eigenvalue weighted by Gasteiger charge is 2.45. The number of fused-ring (bicyclic) bond motifs is 1. The number of aliphatic carboxylic acids is 1. The van der Waals surface area contributed by atoms with Crippen molar-refractivity contribution in [1.29, 1.82) is 0 Å². The third kappa shape index (κ3) is 4.29. The van der Waals surface area contributed by atoms with Crippen LogP contribution < -0.4 is 16.0 Å². The predicted octanol–water partition coefficient (Wildman–Crippen LogP) is -0.519. The zero-order valence-electron chi connectivity index (χ0n) is 15.9. The van der Waals surface area contributed by atoms with Gasteiger partial charge in [-0.3, -0.25) is 39.0 Å². The van der Waals surface area contributed by atoms with E-state index in [1.54, 1.807) is 12.1 Å². The summed E-state index contributed by atoms with van der Waals surface area (Å²) in [4.78, 5) is 72.0. The van der Waals surface area contributed by atoms with Crippen LogP contribution in [-0.4, -0.2) is 64.6 Å². The Hall–Kier alpha value is -3.76. The molecule has 1 unspecified atom stereocenters. The summed E-state index contributed by atoms with van der Waals surface area (Å²) in [6.07, 6.45) is -0.292. The van der Waals surface area contributed by atoms with E-state index in [0.717, 1.165) is 4.90 Å². The summed E-state index contributed by atoms with van der Waals surface area (Å²) in [5, 5.41) is 16.2. The van der Waals surface area contributed by atoms with Gasteiger partial charge in [0.05, 0.1) is 17.5 Å². The van der Waals surface area contributed by atoms with Gasteiger partial charge in [0.15, 0.2) is 0 Å². The van der Waals surface area contributed by atoms with E-state index in [9.17, 15) is 28.8 Å². The molecule has 3 rings (SSSR count). The summed E-state index contributed by atoms with van der Waals surface area (Å²) in [5.74, 6) is -3.83. The summed E-state index contributed by atoms with van der Waals surface area (Å²) in [6.45, 7) is 0.413. The molecule has 2 aliphatic rings. The maximum atomic E-state index is 12.9. The molecule has 1 aromatic rings. The number of hydrogen-bond acceptors (Lipinski definition) is 7. The number of benzene rings is 1. The molecule has 158 valence electrons. The molecule has 0 bridgehead atoms. The largest absolute Gasteiger partial charge is 0.481 e. The molecule has 0 radical (unpaired) electrons. The van der Waals surface area contributed by atoms with Gasteiger partial charge in [0.2, 0.25) is 17.7 Å². The second-order valence-electron chi connectivity index (χ2n) is 6.85. The fraction of sp³-hybridized carbons (Fsp3) is 0.368. The SMILES string of the molecule is O=C(O)CCC(=O)NCCNc1cccc2c1C(=O)N(C1CCC(=O)NC1=O)C2=O. The lowest BCUT2D eigenvalue weighted by Crippen LogP contribution is -2.54. The summed E-state index contributed by atoms with van der Waals surface area (Å²) in [5.41, 5.74) is 0.657. The van der Waals surface area contributed by atoms with Gasteiger partial charge in [0, 0.05) is 31.6 Å². The van der Waals surface area contributed by atoms with E-state index in [4.69, 9.17) is 5.11 Å². The van der Waals surface area contributed by atoms with Gasteiger partial charge in [0.1, 0.15) is 6.04 Å². The van der Waals surface area contributed by atoms with Gasteiger partial charge in [-0.05, 0) is 18.6 Å². The van der Waals surface area contributed by atoms with E-state index in [0.29, 0.717) is 5.69 Å². The van der Waals surface area contributed by atoms with Gasteiger partial charge in [-0.2, -0.15) is 0 Å². The molecule has 30 heavy (non-hydrogen) atoms. The minimum Gasteiger partial charge on any atom is -0.481 e. The molecule has 0 saturated carbocycles. The van der Waals surface area contributed by atoms with Gasteiger partial charge >= 0.3 is 5.97 Å². The van der Waals surface area contributed by atoms with Crippen molar-refractivity contribution in [1.82, 2.24) is 15.5 Å². The van der Waals surface area contributed by atoms with Gasteiger partial charge in [0.25, 0.3) is 11.8 Å². The van der Waals surface area contributed by atoms with Crippen LogP contribution in [0.1, 0.15) is 46.4 Å². The van der Waals surface area contributed by atoms with Crippen LogP contribution in [0.25, 0.3) is 0 Å². The van der Waals surface area contributed by atoms with Crippen LogP contribution >= 0.6 is 0 Å². The standard InChI is InChI=1S/C19H20N4O7/c24-13(6-7-15(26)27)21-9-8-20-11-3-1-2-10-16(11)19(30)23(18(10)29)12-4-5-14(25)22-17(12)28/h1-3,12,20H,4-9H2,(H,21,24)(H,26,27)(H,22,25,28). The van der Waals surface area contributed by atoms with Crippen molar-refractivity contribution < 1.29 is 33.9 Å². The Morgan fingerprint density at radius 2 is 1.87 bits per heavy atom. The first-order valence-electron chi connectivity index (χ1n) is 9.36. The molecule has 4 N–H and O–H groups in total. The number of piperidine rings is 1. The highest BCUT2D eigenvalue weighted by atomic mass is 16.4. The number of nitrogens with zero attached hydrogens (tertiary/aromatic N) is 1. The zero-order valence-corrected chi connectivity index (χ0v) is 15.9. The second kappa shape index (κ2) is 8.72. The Kier molecular flexibility index (Phi) is 6.09. The first-order valence-corrected chi connectivity index (χ1v) is 9.36. The smallest absolute Gasteiger partial charge is 0.303 e. The number of carboxylic acids is 1. The number of rotatable bonds is 8. The lowest BCUT2D eigenvalue weighted by molar-refractivity contribution is -0.139. The van der Waals surface area contributed by atoms with Crippen LogP contribution in [0.5, 0.6) is 0 Å². The van der Waals surface area contributed by atoms with Crippen LogP contribution in [0.15, 0.2) is 18.2 Å². The number of carbonyl (C=O) groups excluding carboxylic acids is 5. The van der Waals surface area contributed by atoms with Crippen molar-refractivity contribution >= 4 is 41.2 Å². The number of hydrogen-bond donors (Lipinski definition) is 4. The highest BCUT2D eigenvalue weighted by Crippen LogP contribution is 2.32. The van der Waals surface area contributed by atoms with E-state index in [-0.39, 0.29) is 49.9 Å². The maximum absolute atomic E-state index is 12.9. The van der Waals surface area contributed by atoms with Crippen molar-refractivity contribution in [3.63, 3.8) is 0 Å². The fourth-order valence-electron chi connectivity index (χ4n) is 3.37. The molecule has 1 fully saturated rings. The van der Waals surface area contributed by atoms with E-state index in [1.807, 2.05) is 0 Å². The number of nitrogens with one attached hydrogen (secondary N) is 3. The van der Waals surface area contributed by atoms with Crippen LogP contribution in [0.4, 0.5) is 5.69 Å². The van der Waals surface area contributed by atoms with Crippen molar-refractivity contribution in [3.8, 4) is 0 Å². The van der Waals surface area contributed by atoms with E-state index in [1.165, 1.54) is 6.07 Å². The first kappa shape index (κ1) is 21.0. The molecule has 11 heteroatoms.